The number of aliphatic hydroxyl groups is 3. The summed E-state index contributed by atoms with van der Waals surface area (Å²) in [5.74, 6) is -0.187. The van der Waals surface area contributed by atoms with E-state index in [-0.39, 0.29) is 115 Å². The molecule has 0 saturated heterocycles. The summed E-state index contributed by atoms with van der Waals surface area (Å²) in [5.41, 5.74) is 22.8. The summed E-state index contributed by atoms with van der Waals surface area (Å²) in [6.07, 6.45) is 5.29. The number of nitrogens with zero attached hydrogens (tertiary/aromatic N) is 5. The molecule has 11 nitrogen and oxygen atoms in total. The molecule has 108 heavy (non-hydrogen) atoms. The van der Waals surface area contributed by atoms with Crippen LogP contribution < -0.4 is 0 Å². The Kier molecular flexibility index (Phi) is 40.7. The number of ketones is 3. The largest absolute Gasteiger partial charge is 0.512 e. The first kappa shape index (κ1) is 92.2. The van der Waals surface area contributed by atoms with Gasteiger partial charge in [-0.2, -0.15) is 0 Å². The molecule has 4 radical (unpaired) electrons. The van der Waals surface area contributed by atoms with Crippen LogP contribution in [0.1, 0.15) is 80.5 Å². The molecule has 0 amide bonds. The molecule has 0 spiro atoms. The molecular formula is C93H86Ir4N5O6-5. The van der Waals surface area contributed by atoms with Crippen LogP contribution in [0.3, 0.4) is 0 Å². The summed E-state index contributed by atoms with van der Waals surface area (Å²) in [6, 6.07) is 98.3. The van der Waals surface area contributed by atoms with Gasteiger partial charge in [0.25, 0.3) is 0 Å². The van der Waals surface area contributed by atoms with Gasteiger partial charge in [-0.15, -0.1) is 176 Å². The topological polar surface area (TPSA) is 176 Å². The van der Waals surface area contributed by atoms with Gasteiger partial charge in [-0.1, -0.05) is 182 Å². The number of fused-ring (bicyclic) bond motifs is 4. The van der Waals surface area contributed by atoms with Crippen LogP contribution in [0.15, 0.2) is 284 Å². The number of aryl methyl sites for hydroxylation is 7. The van der Waals surface area contributed by atoms with Crippen molar-refractivity contribution < 1.29 is 110 Å². The number of para-hydroxylation sites is 4. The number of pyridine rings is 5. The molecule has 5 heterocycles. The monoisotopic (exact) mass is 2140 g/mol. The minimum Gasteiger partial charge on any atom is -0.512 e. The SMILES string of the molecule is CC(=O)C=C(C)O.CC(=O)C=C(C)O.CC(=O)C=C(C)O.Cc1[c-]c(-c2ccc3ccccc3n2)c(C)cc1.Cc1[c-]c(-c2ccc3ccccc3n2)cc(C)c1.Cc1c[c-]c(-c2ccc3ccccc3n2)c(C)c1.Cc1cc[c-]c(-c2ccc3ccccc3n2)c1.[Ir].[Ir].[Ir].[Ir].[c-]1ccccc1-c1ccccn1. The Bertz CT molecular complexity index is 5180. The van der Waals surface area contributed by atoms with Gasteiger partial charge in [0.2, 0.25) is 0 Å². The van der Waals surface area contributed by atoms with E-state index in [1.165, 1.54) is 109 Å². The average Bonchev–Trinajstić information content (AvgIpc) is 0.828. The summed E-state index contributed by atoms with van der Waals surface area (Å²) in [6.45, 7) is 23.1. The van der Waals surface area contributed by atoms with Crippen LogP contribution in [0.4, 0.5) is 0 Å². The third-order valence-corrected chi connectivity index (χ3v) is 15.0. The number of hydrogen-bond donors (Lipinski definition) is 3. The quantitative estimate of drug-likeness (QED) is 0.0750. The first-order chi connectivity index (χ1) is 49.9. The van der Waals surface area contributed by atoms with Gasteiger partial charge in [-0.05, 0) is 122 Å². The Labute approximate surface area is 690 Å². The van der Waals surface area contributed by atoms with Crippen molar-refractivity contribution in [1.29, 1.82) is 0 Å². The minimum absolute atomic E-state index is 0. The molecule has 0 aliphatic rings. The van der Waals surface area contributed by atoms with E-state index in [0.717, 1.165) is 89.5 Å². The second-order valence-electron chi connectivity index (χ2n) is 24.7. The van der Waals surface area contributed by atoms with Crippen LogP contribution in [0.2, 0.25) is 0 Å². The third-order valence-electron chi connectivity index (χ3n) is 15.0. The first-order valence-corrected chi connectivity index (χ1v) is 33.8. The van der Waals surface area contributed by atoms with Gasteiger partial charge in [-0.3, -0.25) is 34.3 Å². The number of allylic oxidation sites excluding steroid dienone is 6. The molecule has 0 saturated carbocycles. The molecule has 15 heteroatoms. The fourth-order valence-corrected chi connectivity index (χ4v) is 10.5. The van der Waals surface area contributed by atoms with E-state index in [2.05, 4.69) is 192 Å². The maximum Gasteiger partial charge on any atom is 0.155 e. The van der Waals surface area contributed by atoms with E-state index in [1.807, 2.05) is 140 Å². The standard InChI is InChI=1S/3C17H14N.C16H12N.C11H8N.3C5H8O2.4Ir/c1-12-7-9-15(13(2)11-12)17-10-8-14-5-3-4-6-16(14)18-17;1-12-9-13(2)11-15(10-12)17-8-7-14-5-3-4-6-16(14)18-17;1-12-7-8-13(2)15(11-12)17-10-9-14-5-3-4-6-16(14)18-17;1-12-5-4-7-14(11-12)16-10-9-13-6-2-3-8-15(13)17-16;1-2-6-10(7-3-1)11-8-4-5-9-12-11;3*1-4(6)3-5(2)7;;;;/h3-8,10-11H,1-2H3;2*3-10H,1-2H3;2-6,8-11H,1H3;1-6,8-9H;3*3,6H,1-2H3;;;;/q5*-1;;;;;;;. The van der Waals surface area contributed by atoms with E-state index in [4.69, 9.17) is 30.3 Å². The van der Waals surface area contributed by atoms with Crippen molar-refractivity contribution in [3.8, 4) is 56.3 Å². The molecule has 9 aromatic carbocycles. The molecule has 5 aromatic heterocycles. The van der Waals surface area contributed by atoms with Gasteiger partial charge >= 0.3 is 0 Å². The summed E-state index contributed by atoms with van der Waals surface area (Å²) in [5, 5.41) is 29.8. The van der Waals surface area contributed by atoms with E-state index in [0.29, 0.717) is 0 Å². The zero-order valence-corrected chi connectivity index (χ0v) is 72.1. The van der Waals surface area contributed by atoms with E-state index in [1.54, 1.807) is 6.20 Å². The molecule has 0 fully saturated rings. The number of hydrogen-bond acceptors (Lipinski definition) is 11. The Morgan fingerprint density at radius 1 is 0.324 bits per heavy atom. The van der Waals surface area contributed by atoms with Crippen LogP contribution >= 0.6 is 0 Å². The summed E-state index contributed by atoms with van der Waals surface area (Å²) in [4.78, 5) is 53.0. The fourth-order valence-electron chi connectivity index (χ4n) is 10.5. The number of rotatable bonds is 8. The summed E-state index contributed by atoms with van der Waals surface area (Å²) < 4.78 is 0. The fraction of sp³-hybridized carbons (Fsp3) is 0.140. The Morgan fingerprint density at radius 2 is 0.741 bits per heavy atom. The van der Waals surface area contributed by atoms with Crippen molar-refractivity contribution in [3.05, 3.63) is 354 Å². The third kappa shape index (κ3) is 31.4. The Balaban J connectivity index is 0.000000327. The minimum atomic E-state index is -0.125. The number of carbonyl (C=O) groups is 3. The maximum atomic E-state index is 10.0. The zero-order valence-electron chi connectivity index (χ0n) is 62.5. The molecular weight excluding hydrogens is 2050 g/mol. The van der Waals surface area contributed by atoms with Gasteiger partial charge in [0.05, 0.1) is 39.3 Å². The predicted octanol–water partition coefficient (Wildman–Crippen LogP) is 22.6. The molecule has 0 aliphatic heterocycles. The smallest absolute Gasteiger partial charge is 0.155 e. The van der Waals surface area contributed by atoms with E-state index in [9.17, 15) is 14.4 Å². The number of carbonyl (C=O) groups excluding carboxylic acids is 3. The summed E-state index contributed by atoms with van der Waals surface area (Å²) >= 11 is 0. The molecule has 0 aliphatic carbocycles. The van der Waals surface area contributed by atoms with Crippen LogP contribution in [0.5, 0.6) is 0 Å². The van der Waals surface area contributed by atoms with Gasteiger partial charge in [-0.25, -0.2) is 0 Å². The van der Waals surface area contributed by atoms with Crippen LogP contribution in [-0.2, 0) is 94.8 Å². The van der Waals surface area contributed by atoms with Crippen molar-refractivity contribution in [2.24, 2.45) is 0 Å². The van der Waals surface area contributed by atoms with E-state index >= 15 is 0 Å². The number of benzene rings is 9. The molecule has 560 valence electrons. The van der Waals surface area contributed by atoms with Gasteiger partial charge in [0, 0.05) is 105 Å². The van der Waals surface area contributed by atoms with Gasteiger partial charge < -0.3 is 20.3 Å². The molecule has 3 N–H and O–H groups in total. The van der Waals surface area contributed by atoms with E-state index < -0.39 is 0 Å². The van der Waals surface area contributed by atoms with Gasteiger partial charge in [0.15, 0.2) is 17.3 Å². The van der Waals surface area contributed by atoms with Crippen LogP contribution in [-0.4, -0.2) is 57.6 Å². The molecule has 14 rings (SSSR count). The molecule has 14 aromatic rings. The number of aromatic nitrogens is 5. The van der Waals surface area contributed by atoms with Gasteiger partial charge in [0.1, 0.15) is 0 Å². The molecule has 0 unspecified atom stereocenters. The van der Waals surface area contributed by atoms with Crippen LogP contribution in [0, 0.1) is 78.8 Å². The first-order valence-electron chi connectivity index (χ1n) is 33.8. The molecule has 0 atom stereocenters. The maximum absolute atomic E-state index is 10.0. The number of aliphatic hydroxyl groups excluding tert-OH is 3. The Morgan fingerprint density at radius 3 is 1.15 bits per heavy atom. The van der Waals surface area contributed by atoms with Crippen molar-refractivity contribution in [2.75, 3.05) is 0 Å². The van der Waals surface area contributed by atoms with Crippen molar-refractivity contribution >= 4 is 61.0 Å². The van der Waals surface area contributed by atoms with Crippen LogP contribution in [0.25, 0.3) is 99.9 Å². The van der Waals surface area contributed by atoms with Crippen molar-refractivity contribution in [3.63, 3.8) is 0 Å². The van der Waals surface area contributed by atoms with Crippen molar-refractivity contribution in [1.82, 2.24) is 24.9 Å². The molecule has 0 bridgehead atoms. The van der Waals surface area contributed by atoms with Crippen molar-refractivity contribution in [2.45, 2.75) is 90.0 Å². The summed E-state index contributed by atoms with van der Waals surface area (Å²) in [7, 11) is 0. The predicted molar refractivity (Wildman–Crippen MR) is 427 cm³/mol. The second-order valence-corrected chi connectivity index (χ2v) is 24.7. The normalized spacial score (nSPS) is 10.4. The second kappa shape index (κ2) is 47.6. The zero-order chi connectivity index (χ0) is 75.1. The average molecular weight is 2140 g/mol. The Hall–Kier alpha value is -10.0.